The highest BCUT2D eigenvalue weighted by molar-refractivity contribution is 6.17. The molecule has 0 radical (unpaired) electrons. The minimum Gasteiger partial charge on any atom is -0.493 e. The summed E-state index contributed by atoms with van der Waals surface area (Å²) in [6.07, 6.45) is 3.08. The van der Waals surface area contributed by atoms with E-state index in [2.05, 4.69) is 0 Å². The Balaban J connectivity index is 2.13. The van der Waals surface area contributed by atoms with Crippen LogP contribution in [-0.2, 0) is 11.2 Å². The van der Waals surface area contributed by atoms with Crippen LogP contribution >= 0.6 is 11.6 Å². The normalized spacial score (nSPS) is 17.9. The summed E-state index contributed by atoms with van der Waals surface area (Å²) in [6.45, 7) is 1.13. The Morgan fingerprint density at radius 2 is 2.00 bits per heavy atom. The summed E-state index contributed by atoms with van der Waals surface area (Å²) in [7, 11) is 3.27. The molecule has 0 saturated carbocycles. The van der Waals surface area contributed by atoms with Crippen LogP contribution in [0, 0.1) is 0 Å². The molecule has 1 aromatic carbocycles. The molecule has 2 rings (SSSR count). The third-order valence-electron chi connectivity index (χ3n) is 3.36. The molecule has 1 aliphatic rings. The van der Waals surface area contributed by atoms with Gasteiger partial charge in [0.2, 0.25) is 0 Å². The number of ether oxygens (including phenoxy) is 4. The summed E-state index contributed by atoms with van der Waals surface area (Å²) in [5.41, 5.74) is 1.16. The summed E-state index contributed by atoms with van der Waals surface area (Å²) in [5.74, 6) is 2.80. The molecule has 5 heteroatoms. The van der Waals surface area contributed by atoms with Gasteiger partial charge in [0, 0.05) is 11.9 Å². The van der Waals surface area contributed by atoms with Gasteiger partial charge in [0.15, 0.2) is 11.5 Å². The summed E-state index contributed by atoms with van der Waals surface area (Å²) in [4.78, 5) is 0. The van der Waals surface area contributed by atoms with Gasteiger partial charge >= 0.3 is 0 Å². The third kappa shape index (κ3) is 3.70. The van der Waals surface area contributed by atoms with E-state index in [0.29, 0.717) is 24.8 Å². The lowest BCUT2D eigenvalue weighted by Crippen LogP contribution is -2.22. The van der Waals surface area contributed by atoms with E-state index in [9.17, 15) is 0 Å². The number of aryl methyl sites for hydroxylation is 1. The fourth-order valence-corrected chi connectivity index (χ4v) is 2.46. The molecule has 0 saturated heterocycles. The molecule has 1 atom stereocenters. The molecule has 0 N–H and O–H groups in total. The molecule has 0 aliphatic carbocycles. The smallest absolute Gasteiger partial charge is 0.164 e. The number of rotatable bonds is 6. The van der Waals surface area contributed by atoms with Gasteiger partial charge < -0.3 is 18.9 Å². The standard InChI is InChI=1S/C15H21ClO4/c1-17-14-8-11-4-3-5-12(10-19-7-6-16)20-13(11)9-15(14)18-2/h8-9,12H,3-7,10H2,1-2H3. The number of hydrogen-bond donors (Lipinski definition) is 0. The van der Waals surface area contributed by atoms with Gasteiger partial charge in [-0.2, -0.15) is 0 Å². The maximum Gasteiger partial charge on any atom is 0.164 e. The van der Waals surface area contributed by atoms with Crippen LogP contribution in [0.4, 0.5) is 0 Å². The van der Waals surface area contributed by atoms with E-state index in [0.717, 1.165) is 36.3 Å². The van der Waals surface area contributed by atoms with Crippen LogP contribution < -0.4 is 14.2 Å². The first-order chi connectivity index (χ1) is 9.78. The molecule has 1 unspecified atom stereocenters. The van der Waals surface area contributed by atoms with Gasteiger partial charge in [0.05, 0.1) is 27.4 Å². The average molecular weight is 301 g/mol. The van der Waals surface area contributed by atoms with Crippen molar-refractivity contribution in [3.63, 3.8) is 0 Å². The number of methoxy groups -OCH3 is 2. The van der Waals surface area contributed by atoms with Gasteiger partial charge in [0.1, 0.15) is 11.9 Å². The first-order valence-electron chi connectivity index (χ1n) is 6.83. The van der Waals surface area contributed by atoms with Crippen molar-refractivity contribution in [2.24, 2.45) is 0 Å². The van der Waals surface area contributed by atoms with Crippen LogP contribution in [0.2, 0.25) is 0 Å². The number of halogens is 1. The summed E-state index contributed by atoms with van der Waals surface area (Å²) in [5, 5.41) is 0. The number of benzene rings is 1. The number of fused-ring (bicyclic) bond motifs is 1. The Morgan fingerprint density at radius 3 is 2.70 bits per heavy atom. The third-order valence-corrected chi connectivity index (χ3v) is 3.51. The first-order valence-corrected chi connectivity index (χ1v) is 7.37. The molecule has 0 aromatic heterocycles. The van der Waals surface area contributed by atoms with Crippen LogP contribution in [0.5, 0.6) is 17.2 Å². The van der Waals surface area contributed by atoms with Gasteiger partial charge in [-0.25, -0.2) is 0 Å². The van der Waals surface area contributed by atoms with E-state index in [1.807, 2.05) is 12.1 Å². The van der Waals surface area contributed by atoms with Crippen LogP contribution in [0.3, 0.4) is 0 Å². The maximum atomic E-state index is 6.04. The first kappa shape index (κ1) is 15.3. The second kappa shape index (κ2) is 7.60. The zero-order chi connectivity index (χ0) is 14.4. The van der Waals surface area contributed by atoms with Gasteiger partial charge in [-0.1, -0.05) is 0 Å². The van der Waals surface area contributed by atoms with E-state index in [1.165, 1.54) is 0 Å². The lowest BCUT2D eigenvalue weighted by molar-refractivity contribution is 0.0546. The van der Waals surface area contributed by atoms with Crippen molar-refractivity contribution in [2.45, 2.75) is 25.4 Å². The highest BCUT2D eigenvalue weighted by atomic mass is 35.5. The second-order valence-electron chi connectivity index (χ2n) is 4.71. The van der Waals surface area contributed by atoms with Crippen molar-refractivity contribution in [3.05, 3.63) is 17.7 Å². The van der Waals surface area contributed by atoms with Crippen LogP contribution in [0.25, 0.3) is 0 Å². The molecule has 0 amide bonds. The summed E-state index contributed by atoms with van der Waals surface area (Å²) >= 11 is 5.61. The van der Waals surface area contributed by atoms with E-state index in [-0.39, 0.29) is 6.10 Å². The molecular formula is C15H21ClO4. The van der Waals surface area contributed by atoms with Crippen molar-refractivity contribution in [1.82, 2.24) is 0 Å². The Bertz CT molecular complexity index is 436. The lowest BCUT2D eigenvalue weighted by atomic mass is 10.1. The summed E-state index contributed by atoms with van der Waals surface area (Å²) in [6, 6.07) is 3.89. The van der Waals surface area contributed by atoms with Crippen molar-refractivity contribution in [3.8, 4) is 17.2 Å². The molecule has 1 heterocycles. The van der Waals surface area contributed by atoms with Crippen LogP contribution in [-0.4, -0.2) is 39.4 Å². The Morgan fingerprint density at radius 1 is 1.25 bits per heavy atom. The molecule has 1 aromatic rings. The second-order valence-corrected chi connectivity index (χ2v) is 5.09. The Labute approximate surface area is 124 Å². The molecule has 112 valence electrons. The highest BCUT2D eigenvalue weighted by Gasteiger charge is 2.20. The molecule has 0 spiro atoms. The van der Waals surface area contributed by atoms with Gasteiger partial charge in [-0.05, 0) is 30.9 Å². The largest absolute Gasteiger partial charge is 0.493 e. The molecule has 1 aliphatic heterocycles. The minimum absolute atomic E-state index is 0.0672. The van der Waals surface area contributed by atoms with E-state index in [4.69, 9.17) is 30.5 Å². The predicted octanol–water partition coefficient (Wildman–Crippen LogP) is 3.04. The lowest BCUT2D eigenvalue weighted by Gasteiger charge is -2.18. The number of hydrogen-bond acceptors (Lipinski definition) is 4. The Kier molecular flexibility index (Phi) is 5.80. The molecule has 4 nitrogen and oxygen atoms in total. The van der Waals surface area contributed by atoms with Crippen molar-refractivity contribution in [1.29, 1.82) is 0 Å². The average Bonchev–Trinajstić information content (AvgIpc) is 2.67. The highest BCUT2D eigenvalue weighted by Crippen LogP contribution is 2.37. The molecule has 20 heavy (non-hydrogen) atoms. The van der Waals surface area contributed by atoms with Gasteiger partial charge in [0.25, 0.3) is 0 Å². The van der Waals surface area contributed by atoms with Gasteiger partial charge in [-0.3, -0.25) is 0 Å². The SMILES string of the molecule is COc1cc2c(cc1OC)OC(COCCCl)CCC2. The van der Waals surface area contributed by atoms with Gasteiger partial charge in [-0.15, -0.1) is 11.6 Å². The zero-order valence-electron chi connectivity index (χ0n) is 12.0. The summed E-state index contributed by atoms with van der Waals surface area (Å²) < 4.78 is 22.2. The quantitative estimate of drug-likeness (QED) is 0.598. The van der Waals surface area contributed by atoms with E-state index < -0.39 is 0 Å². The minimum atomic E-state index is 0.0672. The zero-order valence-corrected chi connectivity index (χ0v) is 12.7. The van der Waals surface area contributed by atoms with Crippen molar-refractivity contribution < 1.29 is 18.9 Å². The monoisotopic (exact) mass is 300 g/mol. The van der Waals surface area contributed by atoms with Crippen LogP contribution in [0.15, 0.2) is 12.1 Å². The number of alkyl halides is 1. The predicted molar refractivity (Wildman–Crippen MR) is 78.4 cm³/mol. The fraction of sp³-hybridized carbons (Fsp3) is 0.600. The molecular weight excluding hydrogens is 280 g/mol. The van der Waals surface area contributed by atoms with Crippen molar-refractivity contribution in [2.75, 3.05) is 33.3 Å². The fourth-order valence-electron chi connectivity index (χ4n) is 2.35. The Hall–Kier alpha value is -1.13. The van der Waals surface area contributed by atoms with Crippen molar-refractivity contribution >= 4 is 11.6 Å². The molecule has 0 bridgehead atoms. The topological polar surface area (TPSA) is 36.9 Å². The van der Waals surface area contributed by atoms with E-state index in [1.54, 1.807) is 14.2 Å². The maximum absolute atomic E-state index is 6.04. The molecule has 0 fully saturated rings. The van der Waals surface area contributed by atoms with E-state index >= 15 is 0 Å². The van der Waals surface area contributed by atoms with Crippen LogP contribution in [0.1, 0.15) is 18.4 Å².